The minimum atomic E-state index is -4.76. The standard InChI is InChI=1S/C20H22F3N3O3/c21-20(22,23)16-7-4-8-26(19(16)29)14-18(28)25-11-9-24(10-12-25)13-17(27)15-5-2-1-3-6-15/h1-8,17,27H,9-14H2. The monoisotopic (exact) mass is 409 g/mol. The summed E-state index contributed by atoms with van der Waals surface area (Å²) < 4.78 is 39.4. The first-order valence-electron chi connectivity index (χ1n) is 9.25. The molecule has 1 aromatic heterocycles. The fourth-order valence-electron chi connectivity index (χ4n) is 3.33. The van der Waals surface area contributed by atoms with Gasteiger partial charge in [-0.1, -0.05) is 30.3 Å². The van der Waals surface area contributed by atoms with E-state index in [2.05, 4.69) is 0 Å². The number of amides is 1. The normalized spacial score (nSPS) is 16.6. The van der Waals surface area contributed by atoms with E-state index in [1.807, 2.05) is 35.2 Å². The van der Waals surface area contributed by atoms with Crippen LogP contribution in [0.3, 0.4) is 0 Å². The van der Waals surface area contributed by atoms with E-state index < -0.39 is 35.9 Å². The highest BCUT2D eigenvalue weighted by Crippen LogP contribution is 2.26. The molecule has 0 bridgehead atoms. The lowest BCUT2D eigenvalue weighted by atomic mass is 10.1. The molecule has 1 saturated heterocycles. The molecule has 29 heavy (non-hydrogen) atoms. The highest BCUT2D eigenvalue weighted by molar-refractivity contribution is 5.76. The average molecular weight is 409 g/mol. The van der Waals surface area contributed by atoms with Gasteiger partial charge in [0.15, 0.2) is 0 Å². The summed E-state index contributed by atoms with van der Waals surface area (Å²) in [7, 11) is 0. The number of hydrogen-bond acceptors (Lipinski definition) is 4. The Balaban J connectivity index is 1.55. The van der Waals surface area contributed by atoms with Crippen LogP contribution >= 0.6 is 0 Å². The molecule has 1 fully saturated rings. The molecule has 1 aromatic carbocycles. The van der Waals surface area contributed by atoms with Gasteiger partial charge in [0.05, 0.1) is 6.10 Å². The van der Waals surface area contributed by atoms with Crippen molar-refractivity contribution in [2.75, 3.05) is 32.7 Å². The number of aliphatic hydroxyl groups excluding tert-OH is 1. The number of pyridine rings is 1. The van der Waals surface area contributed by atoms with Crippen LogP contribution < -0.4 is 5.56 Å². The van der Waals surface area contributed by atoms with Gasteiger partial charge < -0.3 is 14.6 Å². The van der Waals surface area contributed by atoms with Gasteiger partial charge in [-0.05, 0) is 17.7 Å². The van der Waals surface area contributed by atoms with Crippen molar-refractivity contribution in [1.29, 1.82) is 0 Å². The molecule has 3 rings (SSSR count). The molecule has 1 atom stereocenters. The number of carbonyl (C=O) groups excluding carboxylic acids is 1. The quantitative estimate of drug-likeness (QED) is 0.817. The molecule has 0 aliphatic carbocycles. The molecule has 0 radical (unpaired) electrons. The van der Waals surface area contributed by atoms with E-state index >= 15 is 0 Å². The molecule has 1 unspecified atom stereocenters. The number of halogens is 3. The molecule has 9 heteroatoms. The van der Waals surface area contributed by atoms with Crippen LogP contribution in [0.2, 0.25) is 0 Å². The number of carbonyl (C=O) groups is 1. The van der Waals surface area contributed by atoms with Crippen molar-refractivity contribution in [2.45, 2.75) is 18.8 Å². The van der Waals surface area contributed by atoms with E-state index in [4.69, 9.17) is 0 Å². The Hall–Kier alpha value is -2.65. The number of aliphatic hydroxyl groups is 1. The van der Waals surface area contributed by atoms with Crippen LogP contribution in [0.15, 0.2) is 53.5 Å². The third-order valence-corrected chi connectivity index (χ3v) is 4.97. The van der Waals surface area contributed by atoms with E-state index in [0.29, 0.717) is 38.8 Å². The topological polar surface area (TPSA) is 65.8 Å². The first kappa shape index (κ1) is 21.1. The number of piperazine rings is 1. The van der Waals surface area contributed by atoms with E-state index in [-0.39, 0.29) is 0 Å². The van der Waals surface area contributed by atoms with Crippen LogP contribution in [-0.2, 0) is 17.5 Å². The van der Waals surface area contributed by atoms with Gasteiger partial charge in [0.25, 0.3) is 5.56 Å². The molecule has 2 aromatic rings. The maximum atomic E-state index is 12.9. The van der Waals surface area contributed by atoms with Crippen molar-refractivity contribution in [3.05, 3.63) is 70.1 Å². The Kier molecular flexibility index (Phi) is 6.39. The Labute approximate surface area is 165 Å². The third kappa shape index (κ3) is 5.24. The predicted octanol–water partition coefficient (Wildman–Crippen LogP) is 1.74. The number of hydrogen-bond donors (Lipinski definition) is 1. The van der Waals surface area contributed by atoms with Crippen LogP contribution in [0.4, 0.5) is 13.2 Å². The Morgan fingerprint density at radius 3 is 2.31 bits per heavy atom. The SMILES string of the molecule is O=C(Cn1cccc(C(F)(F)F)c1=O)N1CCN(CC(O)c2ccccc2)CC1. The summed E-state index contributed by atoms with van der Waals surface area (Å²) in [4.78, 5) is 28.0. The molecule has 1 aliphatic heterocycles. The second kappa shape index (κ2) is 8.79. The van der Waals surface area contributed by atoms with Gasteiger partial charge in [-0.2, -0.15) is 13.2 Å². The largest absolute Gasteiger partial charge is 0.421 e. The molecule has 1 amide bonds. The number of benzene rings is 1. The fraction of sp³-hybridized carbons (Fsp3) is 0.400. The molecule has 1 aliphatic rings. The number of alkyl halides is 3. The van der Waals surface area contributed by atoms with E-state index in [0.717, 1.165) is 16.2 Å². The summed E-state index contributed by atoms with van der Waals surface area (Å²) in [5.41, 5.74) is -1.69. The lowest BCUT2D eigenvalue weighted by molar-refractivity contribution is -0.140. The van der Waals surface area contributed by atoms with Gasteiger partial charge in [-0.15, -0.1) is 0 Å². The molecule has 6 nitrogen and oxygen atoms in total. The Bertz CT molecular complexity index is 891. The summed E-state index contributed by atoms with van der Waals surface area (Å²) in [6, 6.07) is 11.1. The molecule has 1 N–H and O–H groups in total. The number of aromatic nitrogens is 1. The second-order valence-electron chi connectivity index (χ2n) is 6.96. The number of rotatable bonds is 5. The highest BCUT2D eigenvalue weighted by Gasteiger charge is 2.34. The fourth-order valence-corrected chi connectivity index (χ4v) is 3.33. The third-order valence-electron chi connectivity index (χ3n) is 4.97. The number of β-amino-alcohol motifs (C(OH)–C–C–N with tert-alkyl or cyclic N) is 1. The van der Waals surface area contributed by atoms with Crippen molar-refractivity contribution in [2.24, 2.45) is 0 Å². The maximum absolute atomic E-state index is 12.9. The summed E-state index contributed by atoms with van der Waals surface area (Å²) in [5.74, 6) is -0.408. The average Bonchev–Trinajstić information content (AvgIpc) is 2.70. The van der Waals surface area contributed by atoms with Gasteiger partial charge in [0, 0.05) is 38.9 Å². The summed E-state index contributed by atoms with van der Waals surface area (Å²) in [5, 5.41) is 10.3. The molecular formula is C20H22F3N3O3. The molecule has 0 spiro atoms. The van der Waals surface area contributed by atoms with Gasteiger partial charge in [-0.25, -0.2) is 0 Å². The molecule has 2 heterocycles. The first-order valence-corrected chi connectivity index (χ1v) is 9.25. The number of nitrogens with zero attached hydrogens (tertiary/aromatic N) is 3. The van der Waals surface area contributed by atoms with Crippen molar-refractivity contribution < 1.29 is 23.1 Å². The lowest BCUT2D eigenvalue weighted by Crippen LogP contribution is -2.50. The van der Waals surface area contributed by atoms with Crippen molar-refractivity contribution in [3.8, 4) is 0 Å². The summed E-state index contributed by atoms with van der Waals surface area (Å²) >= 11 is 0. The van der Waals surface area contributed by atoms with Crippen LogP contribution in [0.1, 0.15) is 17.2 Å². The maximum Gasteiger partial charge on any atom is 0.421 e. The van der Waals surface area contributed by atoms with Crippen molar-refractivity contribution in [3.63, 3.8) is 0 Å². The Morgan fingerprint density at radius 2 is 1.69 bits per heavy atom. The zero-order valence-corrected chi connectivity index (χ0v) is 15.7. The van der Waals surface area contributed by atoms with E-state index in [9.17, 15) is 27.9 Å². The van der Waals surface area contributed by atoms with E-state index in [1.165, 1.54) is 11.1 Å². The molecule has 156 valence electrons. The van der Waals surface area contributed by atoms with Gasteiger partial charge in [0.2, 0.25) is 5.91 Å². The predicted molar refractivity (Wildman–Crippen MR) is 100 cm³/mol. The minimum absolute atomic E-state index is 0.383. The second-order valence-corrected chi connectivity index (χ2v) is 6.96. The van der Waals surface area contributed by atoms with Crippen molar-refractivity contribution >= 4 is 5.91 Å². The zero-order chi connectivity index (χ0) is 21.0. The van der Waals surface area contributed by atoms with Crippen molar-refractivity contribution in [1.82, 2.24) is 14.4 Å². The molecular weight excluding hydrogens is 387 g/mol. The van der Waals surface area contributed by atoms with Crippen LogP contribution in [0.5, 0.6) is 0 Å². The van der Waals surface area contributed by atoms with Crippen LogP contribution in [-0.4, -0.2) is 58.1 Å². The highest BCUT2D eigenvalue weighted by atomic mass is 19.4. The van der Waals surface area contributed by atoms with Gasteiger partial charge in [0.1, 0.15) is 12.1 Å². The minimum Gasteiger partial charge on any atom is -0.387 e. The first-order chi connectivity index (χ1) is 13.8. The lowest BCUT2D eigenvalue weighted by Gasteiger charge is -2.35. The van der Waals surface area contributed by atoms with Crippen LogP contribution in [0.25, 0.3) is 0 Å². The summed E-state index contributed by atoms with van der Waals surface area (Å²) in [6.45, 7) is 1.83. The van der Waals surface area contributed by atoms with Crippen LogP contribution in [0, 0.1) is 0 Å². The zero-order valence-electron chi connectivity index (χ0n) is 15.7. The van der Waals surface area contributed by atoms with Gasteiger partial charge >= 0.3 is 6.18 Å². The summed E-state index contributed by atoms with van der Waals surface area (Å²) in [6.07, 6.45) is -4.21. The Morgan fingerprint density at radius 1 is 1.03 bits per heavy atom. The van der Waals surface area contributed by atoms with Gasteiger partial charge in [-0.3, -0.25) is 14.5 Å². The smallest absolute Gasteiger partial charge is 0.387 e. The molecule has 0 saturated carbocycles. The van der Waals surface area contributed by atoms with E-state index in [1.54, 1.807) is 0 Å².